The number of aryl methyl sites for hydroxylation is 1. The number of fused-ring (bicyclic) bond motifs is 1. The Morgan fingerprint density at radius 2 is 2.17 bits per heavy atom. The zero-order chi connectivity index (χ0) is 17.4. The molecule has 0 unspecified atom stereocenters. The molecule has 2 heterocycles. The lowest BCUT2D eigenvalue weighted by Gasteiger charge is -2.16. The summed E-state index contributed by atoms with van der Waals surface area (Å²) in [4.78, 5) is 27.4. The standard InChI is InChI=1S/C15H14N4O3S2/c1-18-10-5-4-8(23-3)6-9(10)12(20)11(13(18)21)14(22)19(2)15-17-16-7-24-15/h4-7,20H,1-3H3. The van der Waals surface area contributed by atoms with E-state index in [1.165, 1.54) is 45.1 Å². The first-order valence-corrected chi connectivity index (χ1v) is 9.00. The van der Waals surface area contributed by atoms with Crippen molar-refractivity contribution in [3.05, 3.63) is 39.6 Å². The van der Waals surface area contributed by atoms with Gasteiger partial charge in [-0.05, 0) is 24.5 Å². The third kappa shape index (κ3) is 2.55. The molecule has 9 heteroatoms. The Morgan fingerprint density at radius 3 is 2.79 bits per heavy atom. The highest BCUT2D eigenvalue weighted by Gasteiger charge is 2.26. The number of pyridine rings is 1. The van der Waals surface area contributed by atoms with Crippen molar-refractivity contribution < 1.29 is 9.90 Å². The Kier molecular flexibility index (Phi) is 4.29. The molecule has 0 aliphatic carbocycles. The van der Waals surface area contributed by atoms with E-state index in [2.05, 4.69) is 10.2 Å². The smallest absolute Gasteiger partial charge is 0.269 e. The maximum atomic E-state index is 12.7. The summed E-state index contributed by atoms with van der Waals surface area (Å²) < 4.78 is 1.36. The fourth-order valence-electron chi connectivity index (χ4n) is 2.40. The molecule has 1 aromatic carbocycles. The van der Waals surface area contributed by atoms with Crippen LogP contribution >= 0.6 is 23.1 Å². The summed E-state index contributed by atoms with van der Waals surface area (Å²) in [6.45, 7) is 0. The van der Waals surface area contributed by atoms with Crippen LogP contribution in [0.1, 0.15) is 10.4 Å². The second-order valence-electron chi connectivity index (χ2n) is 5.06. The number of benzene rings is 1. The van der Waals surface area contributed by atoms with Gasteiger partial charge in [0.25, 0.3) is 11.5 Å². The number of nitrogens with zero attached hydrogens (tertiary/aromatic N) is 4. The van der Waals surface area contributed by atoms with E-state index in [0.717, 1.165) is 4.90 Å². The second-order valence-corrected chi connectivity index (χ2v) is 6.75. The fraction of sp³-hybridized carbons (Fsp3) is 0.200. The number of hydrogen-bond acceptors (Lipinski definition) is 7. The van der Waals surface area contributed by atoms with Gasteiger partial charge in [0.05, 0.1) is 5.52 Å². The van der Waals surface area contributed by atoms with Gasteiger partial charge in [0.2, 0.25) is 5.13 Å². The average Bonchev–Trinajstić information content (AvgIpc) is 3.13. The molecular weight excluding hydrogens is 348 g/mol. The minimum atomic E-state index is -0.624. The van der Waals surface area contributed by atoms with E-state index in [4.69, 9.17) is 0 Å². The monoisotopic (exact) mass is 362 g/mol. The third-order valence-corrected chi connectivity index (χ3v) is 5.22. The Hall–Kier alpha value is -2.39. The molecule has 0 radical (unpaired) electrons. The predicted octanol–water partition coefficient (Wildman–Crippen LogP) is 2.09. The summed E-state index contributed by atoms with van der Waals surface area (Å²) in [5.41, 5.74) is 1.21. The molecule has 0 bridgehead atoms. The summed E-state index contributed by atoms with van der Waals surface area (Å²) in [6, 6.07) is 5.38. The highest BCUT2D eigenvalue weighted by Crippen LogP contribution is 2.30. The van der Waals surface area contributed by atoms with Crippen LogP contribution in [0.3, 0.4) is 0 Å². The number of anilines is 1. The summed E-state index contributed by atoms with van der Waals surface area (Å²) in [7, 11) is 3.06. The van der Waals surface area contributed by atoms with Crippen LogP contribution in [-0.2, 0) is 7.05 Å². The quantitative estimate of drug-likeness (QED) is 0.718. The van der Waals surface area contributed by atoms with Crippen molar-refractivity contribution in [3.8, 4) is 5.75 Å². The van der Waals surface area contributed by atoms with Gasteiger partial charge in [0.15, 0.2) is 0 Å². The van der Waals surface area contributed by atoms with E-state index in [1.807, 2.05) is 12.3 Å². The van der Waals surface area contributed by atoms with Crippen LogP contribution in [0.25, 0.3) is 10.9 Å². The van der Waals surface area contributed by atoms with Crippen LogP contribution in [-0.4, -0.2) is 39.1 Å². The Bertz CT molecular complexity index is 983. The average molecular weight is 362 g/mol. The molecule has 0 fully saturated rings. The number of aromatic nitrogens is 3. The van der Waals surface area contributed by atoms with Gasteiger partial charge in [-0.2, -0.15) is 0 Å². The van der Waals surface area contributed by atoms with Crippen molar-refractivity contribution in [1.82, 2.24) is 14.8 Å². The SMILES string of the molecule is CSc1ccc2c(c1)c(O)c(C(=O)N(C)c1nncs1)c(=O)n2C. The first-order valence-electron chi connectivity index (χ1n) is 6.89. The lowest BCUT2D eigenvalue weighted by molar-refractivity contribution is 0.0988. The molecule has 0 saturated heterocycles. The zero-order valence-corrected chi connectivity index (χ0v) is 14.8. The van der Waals surface area contributed by atoms with Crippen LogP contribution in [0.15, 0.2) is 33.4 Å². The molecule has 1 amide bonds. The Labute approximate surface area is 145 Å². The predicted molar refractivity (Wildman–Crippen MR) is 95.3 cm³/mol. The van der Waals surface area contributed by atoms with Gasteiger partial charge in [0.1, 0.15) is 16.8 Å². The number of thioether (sulfide) groups is 1. The summed E-state index contributed by atoms with van der Waals surface area (Å²) in [5, 5.41) is 18.9. The number of aromatic hydroxyl groups is 1. The number of carbonyl (C=O) groups excluding carboxylic acids is 1. The van der Waals surface area contributed by atoms with Crippen LogP contribution in [0, 0.1) is 0 Å². The zero-order valence-electron chi connectivity index (χ0n) is 13.2. The van der Waals surface area contributed by atoms with Gasteiger partial charge in [-0.15, -0.1) is 22.0 Å². The summed E-state index contributed by atoms with van der Waals surface area (Å²) >= 11 is 2.68. The van der Waals surface area contributed by atoms with Gasteiger partial charge >= 0.3 is 0 Å². The molecule has 7 nitrogen and oxygen atoms in total. The first kappa shape index (κ1) is 16.5. The number of hydrogen-bond donors (Lipinski definition) is 1. The molecule has 0 aliphatic heterocycles. The van der Waals surface area contributed by atoms with Crippen LogP contribution < -0.4 is 10.5 Å². The van der Waals surface area contributed by atoms with Crippen molar-refractivity contribution in [2.24, 2.45) is 7.05 Å². The molecule has 1 N–H and O–H groups in total. The van der Waals surface area contributed by atoms with E-state index in [1.54, 1.807) is 19.2 Å². The van der Waals surface area contributed by atoms with E-state index < -0.39 is 11.5 Å². The van der Waals surface area contributed by atoms with Crippen molar-refractivity contribution in [1.29, 1.82) is 0 Å². The summed E-state index contributed by atoms with van der Waals surface area (Å²) in [6.07, 6.45) is 1.91. The topological polar surface area (TPSA) is 88.3 Å². The van der Waals surface area contributed by atoms with Crippen molar-refractivity contribution in [2.45, 2.75) is 4.90 Å². The normalized spacial score (nSPS) is 11.0. The van der Waals surface area contributed by atoms with Crippen molar-refractivity contribution in [2.75, 3.05) is 18.2 Å². The van der Waals surface area contributed by atoms with Gasteiger partial charge in [-0.25, -0.2) is 0 Å². The number of rotatable bonds is 3. The molecule has 0 saturated carbocycles. The van der Waals surface area contributed by atoms with Crippen molar-refractivity contribution >= 4 is 45.0 Å². The van der Waals surface area contributed by atoms with E-state index in [9.17, 15) is 14.7 Å². The maximum absolute atomic E-state index is 12.7. The largest absolute Gasteiger partial charge is 0.506 e. The van der Waals surface area contributed by atoms with Gasteiger partial charge < -0.3 is 9.67 Å². The van der Waals surface area contributed by atoms with E-state index in [0.29, 0.717) is 16.0 Å². The van der Waals surface area contributed by atoms with Gasteiger partial charge in [0, 0.05) is 24.4 Å². The lowest BCUT2D eigenvalue weighted by atomic mass is 10.1. The molecule has 2 aromatic heterocycles. The molecule has 0 aliphatic rings. The minimum Gasteiger partial charge on any atom is -0.506 e. The molecular formula is C15H14N4O3S2. The van der Waals surface area contributed by atoms with E-state index in [-0.39, 0.29) is 11.3 Å². The fourth-order valence-corrected chi connectivity index (χ4v) is 3.36. The van der Waals surface area contributed by atoms with Gasteiger partial charge in [-0.1, -0.05) is 11.3 Å². The molecule has 0 spiro atoms. The number of amides is 1. The molecule has 3 aromatic rings. The molecule has 124 valence electrons. The minimum absolute atomic E-state index is 0.277. The van der Waals surface area contributed by atoms with E-state index >= 15 is 0 Å². The van der Waals surface area contributed by atoms with Gasteiger partial charge in [-0.3, -0.25) is 14.5 Å². The number of carbonyl (C=O) groups is 1. The first-order chi connectivity index (χ1) is 11.5. The third-order valence-electron chi connectivity index (χ3n) is 3.73. The molecule has 0 atom stereocenters. The maximum Gasteiger partial charge on any atom is 0.269 e. The highest BCUT2D eigenvalue weighted by atomic mass is 32.2. The second kappa shape index (κ2) is 6.25. The van der Waals surface area contributed by atoms with Crippen LogP contribution in [0.5, 0.6) is 5.75 Å². The van der Waals surface area contributed by atoms with Crippen molar-refractivity contribution in [3.63, 3.8) is 0 Å². The highest BCUT2D eigenvalue weighted by molar-refractivity contribution is 7.98. The Morgan fingerprint density at radius 1 is 1.42 bits per heavy atom. The molecule has 3 rings (SSSR count). The van der Waals surface area contributed by atoms with Crippen LogP contribution in [0.2, 0.25) is 0 Å². The Balaban J connectivity index is 2.24. The summed E-state index contributed by atoms with van der Waals surface area (Å²) in [5.74, 6) is -0.938. The lowest BCUT2D eigenvalue weighted by Crippen LogP contribution is -2.34. The molecule has 24 heavy (non-hydrogen) atoms. The van der Waals surface area contributed by atoms with Crippen LogP contribution in [0.4, 0.5) is 5.13 Å².